The molecule has 0 aromatic heterocycles. The maximum atomic E-state index is 12.8. The SMILES string of the molecule is CC/C=C\C/C=C\C/C=C\C/C=C\CCCCC(=O)OC(COCCCCCCCC/C=C\CCCCC)COP(=O)(O)OC1C(O)C(O)C(O)C(O)C1O. The first kappa shape index (κ1) is 51.1. The number of allylic oxidation sites excluding steroid dienone is 10. The molecule has 0 aromatic rings. The number of carbonyl (C=O) groups excluding carboxylic acids is 1. The summed E-state index contributed by atoms with van der Waals surface area (Å²) < 4.78 is 34.0. The fourth-order valence-corrected chi connectivity index (χ4v) is 6.78. The van der Waals surface area contributed by atoms with Crippen LogP contribution in [0.2, 0.25) is 0 Å². The Morgan fingerprint density at radius 3 is 1.65 bits per heavy atom. The van der Waals surface area contributed by atoms with Gasteiger partial charge in [-0.05, 0) is 77.0 Å². The second kappa shape index (κ2) is 33.1. The van der Waals surface area contributed by atoms with Crippen molar-refractivity contribution >= 4 is 13.8 Å². The lowest BCUT2D eigenvalue weighted by molar-refractivity contribution is -0.220. The molecule has 12 nitrogen and oxygen atoms in total. The normalized spacial score (nSPS) is 23.9. The number of phosphoric acid groups is 1. The molecule has 0 spiro atoms. The minimum atomic E-state index is -5.03. The molecule has 1 aliphatic rings. The summed E-state index contributed by atoms with van der Waals surface area (Å²) in [5, 5.41) is 50.0. The first-order chi connectivity index (χ1) is 26.5. The van der Waals surface area contributed by atoms with Gasteiger partial charge in [0.25, 0.3) is 0 Å². The Bertz CT molecular complexity index is 1140. The lowest BCUT2D eigenvalue weighted by Gasteiger charge is -2.41. The van der Waals surface area contributed by atoms with E-state index in [-0.39, 0.29) is 13.0 Å². The number of unbranched alkanes of at least 4 members (excludes halogenated alkanes) is 11. The molecule has 6 atom stereocenters. The van der Waals surface area contributed by atoms with E-state index in [0.29, 0.717) is 13.0 Å². The van der Waals surface area contributed by atoms with Gasteiger partial charge in [-0.25, -0.2) is 4.57 Å². The summed E-state index contributed by atoms with van der Waals surface area (Å²) in [6.45, 7) is 4.03. The first-order valence-corrected chi connectivity index (χ1v) is 22.1. The maximum Gasteiger partial charge on any atom is 0.472 e. The van der Waals surface area contributed by atoms with Crippen LogP contribution in [0.15, 0.2) is 60.8 Å². The predicted molar refractivity (Wildman–Crippen MR) is 216 cm³/mol. The Balaban J connectivity index is 2.50. The van der Waals surface area contributed by atoms with E-state index in [1.807, 2.05) is 0 Å². The highest BCUT2D eigenvalue weighted by Crippen LogP contribution is 2.47. The third-order valence-corrected chi connectivity index (χ3v) is 10.1. The van der Waals surface area contributed by atoms with Gasteiger partial charge in [-0.3, -0.25) is 13.8 Å². The third-order valence-electron chi connectivity index (χ3n) is 9.12. The number of phosphoric ester groups is 1. The average molecular weight is 801 g/mol. The standard InChI is InChI=1S/C42H73O12P/c1-3-5-7-9-11-13-15-17-18-19-21-23-25-27-29-31-36(43)53-35(33-51-32-30-28-26-24-22-20-16-14-12-10-8-6-4-2)34-52-55(49,50)54-42-40(47)38(45)37(44)39(46)41(42)48/h5,7,11-14,17-18,21,23,35,37-42,44-48H,3-4,6,8-10,15-16,19-20,22,24-34H2,1-2H3,(H,49,50)/b7-5-,13-11-,14-12-,18-17-,23-21-. The Morgan fingerprint density at radius 2 is 1.07 bits per heavy atom. The van der Waals surface area contributed by atoms with E-state index in [1.54, 1.807) is 0 Å². The monoisotopic (exact) mass is 800 g/mol. The van der Waals surface area contributed by atoms with Gasteiger partial charge in [-0.1, -0.05) is 113 Å². The van der Waals surface area contributed by atoms with E-state index in [2.05, 4.69) is 74.6 Å². The zero-order chi connectivity index (χ0) is 40.6. The van der Waals surface area contributed by atoms with Crippen molar-refractivity contribution in [2.24, 2.45) is 0 Å². The van der Waals surface area contributed by atoms with E-state index >= 15 is 0 Å². The zero-order valence-corrected chi connectivity index (χ0v) is 34.3. The van der Waals surface area contributed by atoms with Crippen LogP contribution >= 0.6 is 7.82 Å². The highest BCUT2D eigenvalue weighted by molar-refractivity contribution is 7.47. The van der Waals surface area contributed by atoms with Crippen LogP contribution in [0.4, 0.5) is 0 Å². The number of aliphatic hydroxyl groups is 5. The molecule has 6 N–H and O–H groups in total. The molecule has 6 unspecified atom stereocenters. The predicted octanol–water partition coefficient (Wildman–Crippen LogP) is 7.47. The van der Waals surface area contributed by atoms with Gasteiger partial charge in [0.15, 0.2) is 0 Å². The molecule has 55 heavy (non-hydrogen) atoms. The summed E-state index contributed by atoms with van der Waals surface area (Å²) in [6.07, 6.45) is 27.3. The van der Waals surface area contributed by atoms with Crippen LogP contribution in [0.5, 0.6) is 0 Å². The molecule has 318 valence electrons. The highest BCUT2D eigenvalue weighted by atomic mass is 31.2. The molecular formula is C42H73O12P. The quantitative estimate of drug-likeness (QED) is 0.0166. The van der Waals surface area contributed by atoms with Crippen molar-refractivity contribution in [3.63, 3.8) is 0 Å². The smallest absolute Gasteiger partial charge is 0.457 e. The van der Waals surface area contributed by atoms with Crippen molar-refractivity contribution < 1.29 is 58.3 Å². The molecule has 1 fully saturated rings. The molecule has 0 bridgehead atoms. The van der Waals surface area contributed by atoms with E-state index in [4.69, 9.17) is 18.5 Å². The number of hydrogen-bond acceptors (Lipinski definition) is 11. The van der Waals surface area contributed by atoms with Gasteiger partial charge in [0.2, 0.25) is 0 Å². The molecule has 0 aromatic carbocycles. The lowest BCUT2D eigenvalue weighted by Crippen LogP contribution is -2.64. The van der Waals surface area contributed by atoms with Crippen LogP contribution < -0.4 is 0 Å². The van der Waals surface area contributed by atoms with Gasteiger partial charge in [0, 0.05) is 13.0 Å². The summed E-state index contributed by atoms with van der Waals surface area (Å²) in [6, 6.07) is 0. The number of aliphatic hydroxyl groups excluding tert-OH is 5. The van der Waals surface area contributed by atoms with Gasteiger partial charge in [0.05, 0.1) is 13.2 Å². The third kappa shape index (κ3) is 25.8. The molecular weight excluding hydrogens is 727 g/mol. The second-order valence-corrected chi connectivity index (χ2v) is 15.5. The molecule has 0 saturated heterocycles. The Labute approximate surface area is 330 Å². The minimum absolute atomic E-state index is 0.101. The van der Waals surface area contributed by atoms with Crippen LogP contribution in [0, 0.1) is 0 Å². The topological polar surface area (TPSA) is 192 Å². The van der Waals surface area contributed by atoms with E-state index in [1.165, 1.54) is 32.1 Å². The number of esters is 1. The molecule has 0 radical (unpaired) electrons. The lowest BCUT2D eigenvalue weighted by atomic mass is 9.85. The summed E-state index contributed by atoms with van der Waals surface area (Å²) in [4.78, 5) is 23.0. The fraction of sp³-hybridized carbons (Fsp3) is 0.738. The molecule has 0 amide bonds. The molecule has 0 heterocycles. The largest absolute Gasteiger partial charge is 0.472 e. The number of carbonyl (C=O) groups is 1. The van der Waals surface area contributed by atoms with E-state index in [9.17, 15) is 39.8 Å². The van der Waals surface area contributed by atoms with Crippen molar-refractivity contribution in [3.8, 4) is 0 Å². The number of ether oxygens (including phenoxy) is 2. The Hall–Kier alpha value is -1.96. The average Bonchev–Trinajstić information content (AvgIpc) is 3.17. The van der Waals surface area contributed by atoms with Gasteiger partial charge >= 0.3 is 13.8 Å². The molecule has 1 rings (SSSR count). The second-order valence-electron chi connectivity index (χ2n) is 14.1. The first-order valence-electron chi connectivity index (χ1n) is 20.6. The van der Waals surface area contributed by atoms with Crippen LogP contribution in [-0.2, 0) is 27.9 Å². The van der Waals surface area contributed by atoms with Gasteiger partial charge in [-0.15, -0.1) is 0 Å². The number of hydrogen-bond donors (Lipinski definition) is 6. The molecule has 1 saturated carbocycles. The minimum Gasteiger partial charge on any atom is -0.457 e. The molecule has 13 heteroatoms. The van der Waals surface area contributed by atoms with Crippen LogP contribution in [0.25, 0.3) is 0 Å². The van der Waals surface area contributed by atoms with Crippen molar-refractivity contribution in [2.45, 2.75) is 179 Å². The molecule has 1 aliphatic carbocycles. The van der Waals surface area contributed by atoms with Crippen molar-refractivity contribution in [2.75, 3.05) is 19.8 Å². The summed E-state index contributed by atoms with van der Waals surface area (Å²) in [7, 11) is -5.03. The van der Waals surface area contributed by atoms with Crippen molar-refractivity contribution in [3.05, 3.63) is 60.8 Å². The summed E-state index contributed by atoms with van der Waals surface area (Å²) in [5.74, 6) is -0.523. The maximum absolute atomic E-state index is 12.8. The summed E-state index contributed by atoms with van der Waals surface area (Å²) in [5.41, 5.74) is 0. The van der Waals surface area contributed by atoms with Crippen LogP contribution in [0.3, 0.4) is 0 Å². The Kier molecular flexibility index (Phi) is 30.7. The van der Waals surface area contributed by atoms with Crippen LogP contribution in [0.1, 0.15) is 136 Å². The zero-order valence-electron chi connectivity index (χ0n) is 33.5. The van der Waals surface area contributed by atoms with E-state index in [0.717, 1.165) is 77.0 Å². The van der Waals surface area contributed by atoms with Gasteiger partial charge < -0.3 is 39.9 Å². The van der Waals surface area contributed by atoms with E-state index < -0.39 is 63.1 Å². The van der Waals surface area contributed by atoms with Gasteiger partial charge in [-0.2, -0.15) is 0 Å². The van der Waals surface area contributed by atoms with Gasteiger partial charge in [0.1, 0.15) is 42.7 Å². The van der Waals surface area contributed by atoms with Crippen molar-refractivity contribution in [1.82, 2.24) is 0 Å². The van der Waals surface area contributed by atoms with Crippen molar-refractivity contribution in [1.29, 1.82) is 0 Å². The Morgan fingerprint density at radius 1 is 0.600 bits per heavy atom. The number of rotatable bonds is 33. The molecule has 0 aliphatic heterocycles. The summed E-state index contributed by atoms with van der Waals surface area (Å²) >= 11 is 0. The van der Waals surface area contributed by atoms with Crippen LogP contribution in [-0.4, -0.2) is 98.9 Å². The fourth-order valence-electron chi connectivity index (χ4n) is 5.81. The highest BCUT2D eigenvalue weighted by Gasteiger charge is 2.51.